The molecule has 2 aromatic heterocycles. The molecule has 2 aromatic rings. The zero-order chi connectivity index (χ0) is 11.5. The summed E-state index contributed by atoms with van der Waals surface area (Å²) in [4.78, 5) is 4.40. The number of pyridine rings is 1. The lowest BCUT2D eigenvalue weighted by molar-refractivity contribution is 0.549. The fourth-order valence-electron chi connectivity index (χ4n) is 1.67. The highest BCUT2D eigenvalue weighted by Crippen LogP contribution is 2.25. The van der Waals surface area contributed by atoms with Crippen molar-refractivity contribution in [2.24, 2.45) is 5.84 Å². The van der Waals surface area contributed by atoms with Gasteiger partial charge in [-0.15, -0.1) is 17.9 Å². The van der Waals surface area contributed by atoms with Crippen LogP contribution in [0.2, 0.25) is 0 Å². The van der Waals surface area contributed by atoms with Gasteiger partial charge < -0.3 is 0 Å². The Morgan fingerprint density at radius 1 is 1.69 bits per heavy atom. The Hall–Kier alpha value is -1.23. The Labute approximate surface area is 99.0 Å². The van der Waals surface area contributed by atoms with E-state index in [1.54, 1.807) is 11.3 Å². The minimum atomic E-state index is 0.0940. The summed E-state index contributed by atoms with van der Waals surface area (Å²) in [7, 11) is 0. The van der Waals surface area contributed by atoms with E-state index >= 15 is 0 Å². The van der Waals surface area contributed by atoms with Crippen LogP contribution in [0.15, 0.2) is 35.9 Å². The quantitative estimate of drug-likeness (QED) is 0.485. The number of hydrazine groups is 1. The molecule has 2 rings (SSSR count). The minimum absolute atomic E-state index is 0.0940. The second-order valence-electron chi connectivity index (χ2n) is 3.95. The highest BCUT2D eigenvalue weighted by Gasteiger charge is 2.11. The van der Waals surface area contributed by atoms with E-state index in [0.717, 1.165) is 23.1 Å². The molecule has 4 heteroatoms. The predicted molar refractivity (Wildman–Crippen MR) is 69.1 cm³/mol. The molecule has 0 aliphatic heterocycles. The summed E-state index contributed by atoms with van der Waals surface area (Å²) in [5.41, 5.74) is 6.07. The van der Waals surface area contributed by atoms with Crippen LogP contribution in [-0.2, 0) is 0 Å². The van der Waals surface area contributed by atoms with Gasteiger partial charge in [0, 0.05) is 6.20 Å². The summed E-state index contributed by atoms with van der Waals surface area (Å²) >= 11 is 1.69. The van der Waals surface area contributed by atoms with Crippen molar-refractivity contribution in [1.82, 2.24) is 10.4 Å². The maximum atomic E-state index is 5.56. The third kappa shape index (κ3) is 2.29. The largest absolute Gasteiger partial charge is 0.271 e. The summed E-state index contributed by atoms with van der Waals surface area (Å²) in [6, 6.07) is 4.25. The summed E-state index contributed by atoms with van der Waals surface area (Å²) < 4.78 is 1.19. The number of hydrogen-bond acceptors (Lipinski definition) is 4. The molecule has 2 heterocycles. The number of rotatable bonds is 4. The van der Waals surface area contributed by atoms with Crippen molar-refractivity contribution < 1.29 is 0 Å². The summed E-state index contributed by atoms with van der Waals surface area (Å²) in [6.45, 7) is 5.91. The van der Waals surface area contributed by atoms with Crippen LogP contribution in [0.25, 0.3) is 10.2 Å². The van der Waals surface area contributed by atoms with Gasteiger partial charge in [0.15, 0.2) is 0 Å². The van der Waals surface area contributed by atoms with E-state index < -0.39 is 0 Å². The lowest BCUT2D eigenvalue weighted by Gasteiger charge is -2.15. The lowest BCUT2D eigenvalue weighted by atomic mass is 10.0. The van der Waals surface area contributed by atoms with Crippen LogP contribution in [0.1, 0.15) is 24.9 Å². The number of fused-ring (bicyclic) bond motifs is 1. The monoisotopic (exact) mass is 233 g/mol. The van der Waals surface area contributed by atoms with Gasteiger partial charge in [-0.1, -0.05) is 5.57 Å². The van der Waals surface area contributed by atoms with Crippen LogP contribution in [0, 0.1) is 0 Å². The molecule has 1 unspecified atom stereocenters. The van der Waals surface area contributed by atoms with Crippen molar-refractivity contribution in [3.05, 3.63) is 41.4 Å². The first-order chi connectivity index (χ1) is 7.70. The van der Waals surface area contributed by atoms with E-state index in [-0.39, 0.29) is 6.04 Å². The molecule has 0 aromatic carbocycles. The molecule has 16 heavy (non-hydrogen) atoms. The molecule has 3 nitrogen and oxygen atoms in total. The van der Waals surface area contributed by atoms with Gasteiger partial charge in [0.2, 0.25) is 0 Å². The number of thiophene rings is 1. The Balaban J connectivity index is 2.32. The molecule has 1 atom stereocenters. The maximum Gasteiger partial charge on any atom is 0.0809 e. The van der Waals surface area contributed by atoms with Gasteiger partial charge in [0.1, 0.15) is 0 Å². The predicted octanol–water partition coefficient (Wildman–Crippen LogP) is 2.77. The van der Waals surface area contributed by atoms with Gasteiger partial charge in [-0.3, -0.25) is 16.3 Å². The average Bonchev–Trinajstić information content (AvgIpc) is 2.72. The molecule has 0 amide bonds. The van der Waals surface area contributed by atoms with Crippen molar-refractivity contribution in [2.45, 2.75) is 19.4 Å². The van der Waals surface area contributed by atoms with Gasteiger partial charge in [-0.25, -0.2) is 0 Å². The molecule has 0 aliphatic carbocycles. The number of nitrogens with two attached hydrogens (primary N) is 1. The zero-order valence-corrected chi connectivity index (χ0v) is 10.1. The molecule has 0 radical (unpaired) electrons. The minimum Gasteiger partial charge on any atom is -0.271 e. The van der Waals surface area contributed by atoms with Crippen LogP contribution >= 0.6 is 11.3 Å². The third-order valence-corrected chi connectivity index (χ3v) is 3.33. The number of hydrogen-bond donors (Lipinski definition) is 2. The Morgan fingerprint density at radius 3 is 3.19 bits per heavy atom. The van der Waals surface area contributed by atoms with Gasteiger partial charge in [0.25, 0.3) is 0 Å². The fraction of sp³-hybridized carbons (Fsp3) is 0.250. The van der Waals surface area contributed by atoms with Crippen LogP contribution < -0.4 is 11.3 Å². The first-order valence-corrected chi connectivity index (χ1v) is 6.02. The van der Waals surface area contributed by atoms with Crippen LogP contribution in [-0.4, -0.2) is 4.98 Å². The summed E-state index contributed by atoms with van der Waals surface area (Å²) in [6.07, 6.45) is 2.71. The van der Waals surface area contributed by atoms with Crippen molar-refractivity contribution in [2.75, 3.05) is 0 Å². The molecule has 0 saturated carbocycles. The molecule has 3 N–H and O–H groups in total. The fourth-order valence-corrected chi connectivity index (χ4v) is 2.46. The third-order valence-electron chi connectivity index (χ3n) is 2.48. The molecule has 0 spiro atoms. The van der Waals surface area contributed by atoms with Gasteiger partial charge in [-0.05, 0) is 36.4 Å². The maximum absolute atomic E-state index is 5.56. The van der Waals surface area contributed by atoms with Crippen LogP contribution in [0.3, 0.4) is 0 Å². The van der Waals surface area contributed by atoms with Crippen LogP contribution in [0.5, 0.6) is 0 Å². The van der Waals surface area contributed by atoms with Crippen molar-refractivity contribution in [3.8, 4) is 0 Å². The second-order valence-corrected chi connectivity index (χ2v) is 4.90. The second kappa shape index (κ2) is 4.74. The molecule has 0 fully saturated rings. The number of nitrogens with zero attached hydrogens (tertiary/aromatic N) is 1. The van der Waals surface area contributed by atoms with E-state index in [0.29, 0.717) is 0 Å². The highest BCUT2D eigenvalue weighted by atomic mass is 32.1. The van der Waals surface area contributed by atoms with E-state index in [9.17, 15) is 0 Å². The molecule has 84 valence electrons. The first kappa shape index (κ1) is 11.3. The SMILES string of the molecule is C=C(C)CC(NN)c1cnc2ccsc2c1. The van der Waals surface area contributed by atoms with E-state index in [2.05, 4.69) is 23.1 Å². The average molecular weight is 233 g/mol. The highest BCUT2D eigenvalue weighted by molar-refractivity contribution is 7.17. The molecular formula is C12H15N3S. The smallest absolute Gasteiger partial charge is 0.0809 e. The van der Waals surface area contributed by atoms with Crippen molar-refractivity contribution >= 4 is 21.6 Å². The molecular weight excluding hydrogens is 218 g/mol. The van der Waals surface area contributed by atoms with Gasteiger partial charge in [-0.2, -0.15) is 0 Å². The van der Waals surface area contributed by atoms with Crippen molar-refractivity contribution in [1.29, 1.82) is 0 Å². The lowest BCUT2D eigenvalue weighted by Crippen LogP contribution is -2.28. The van der Waals surface area contributed by atoms with Gasteiger partial charge >= 0.3 is 0 Å². The van der Waals surface area contributed by atoms with Crippen LogP contribution in [0.4, 0.5) is 0 Å². The number of nitrogens with one attached hydrogen (secondary N) is 1. The molecule has 0 saturated heterocycles. The molecule has 0 bridgehead atoms. The first-order valence-electron chi connectivity index (χ1n) is 5.14. The number of aromatic nitrogens is 1. The Kier molecular flexibility index (Phi) is 3.33. The van der Waals surface area contributed by atoms with E-state index in [1.807, 2.05) is 24.6 Å². The molecule has 0 aliphatic rings. The standard InChI is InChI=1S/C12H15N3S/c1-8(2)5-11(15-13)9-6-12-10(14-7-9)3-4-16-12/h3-4,6-7,11,15H,1,5,13H2,2H3. The van der Waals surface area contributed by atoms with Crippen molar-refractivity contribution in [3.63, 3.8) is 0 Å². The van der Waals surface area contributed by atoms with Gasteiger partial charge in [0.05, 0.1) is 16.3 Å². The Bertz CT molecular complexity index is 504. The Morgan fingerprint density at radius 2 is 2.50 bits per heavy atom. The topological polar surface area (TPSA) is 50.9 Å². The normalized spacial score (nSPS) is 12.9. The van der Waals surface area contributed by atoms with E-state index in [4.69, 9.17) is 5.84 Å². The zero-order valence-electron chi connectivity index (χ0n) is 9.23. The summed E-state index contributed by atoms with van der Waals surface area (Å²) in [5.74, 6) is 5.56. The van der Waals surface area contributed by atoms with E-state index in [1.165, 1.54) is 4.70 Å². The summed E-state index contributed by atoms with van der Waals surface area (Å²) in [5, 5.41) is 2.05.